The van der Waals surface area contributed by atoms with Crippen LogP contribution in [0.25, 0.3) is 0 Å². The quantitative estimate of drug-likeness (QED) is 0.775. The summed E-state index contributed by atoms with van der Waals surface area (Å²) in [6.45, 7) is 0.808. The Morgan fingerprint density at radius 1 is 1.12 bits per heavy atom. The Hall–Kier alpha value is -1.96. The molecular formula is C18H16ClN3O2S2. The maximum atomic E-state index is 12.5. The third kappa shape index (κ3) is 5.27. The second-order valence-electron chi connectivity index (χ2n) is 5.34. The van der Waals surface area contributed by atoms with E-state index in [2.05, 4.69) is 15.6 Å². The van der Waals surface area contributed by atoms with E-state index in [1.54, 1.807) is 60.3 Å². The van der Waals surface area contributed by atoms with Crippen molar-refractivity contribution in [3.63, 3.8) is 0 Å². The van der Waals surface area contributed by atoms with Crippen LogP contribution in [0.4, 0.5) is 11.4 Å². The standard InChI is InChI=1S/C18H16ClN3O2S2/c19-12-5-7-13(8-6-12)21-17(24)14-3-1-2-4-15(14)22-16(23)11-26-18-20-9-10-25-18/h1-8H,9-11H2,(H,21,24)(H,22,23). The summed E-state index contributed by atoms with van der Waals surface area (Å²) in [6, 6.07) is 13.8. The van der Waals surface area contributed by atoms with Crippen molar-refractivity contribution in [1.29, 1.82) is 0 Å². The van der Waals surface area contributed by atoms with E-state index < -0.39 is 0 Å². The molecule has 1 heterocycles. The Labute approximate surface area is 165 Å². The van der Waals surface area contributed by atoms with Gasteiger partial charge in [0.2, 0.25) is 5.91 Å². The van der Waals surface area contributed by atoms with Crippen molar-refractivity contribution in [1.82, 2.24) is 0 Å². The van der Waals surface area contributed by atoms with E-state index in [1.165, 1.54) is 11.8 Å². The maximum absolute atomic E-state index is 12.5. The molecule has 3 rings (SSSR count). The maximum Gasteiger partial charge on any atom is 0.257 e. The zero-order chi connectivity index (χ0) is 18.4. The molecule has 0 unspecified atom stereocenters. The molecule has 0 bridgehead atoms. The predicted molar refractivity (Wildman–Crippen MR) is 112 cm³/mol. The van der Waals surface area contributed by atoms with Crippen molar-refractivity contribution < 1.29 is 9.59 Å². The number of nitrogens with zero attached hydrogens (tertiary/aromatic N) is 1. The number of para-hydroxylation sites is 1. The molecule has 1 aliphatic heterocycles. The largest absolute Gasteiger partial charge is 0.325 e. The first-order valence-electron chi connectivity index (χ1n) is 7.87. The zero-order valence-corrected chi connectivity index (χ0v) is 16.1. The average molecular weight is 406 g/mol. The van der Waals surface area contributed by atoms with Gasteiger partial charge in [-0.15, -0.1) is 0 Å². The van der Waals surface area contributed by atoms with Crippen molar-refractivity contribution in [2.75, 3.05) is 28.7 Å². The summed E-state index contributed by atoms with van der Waals surface area (Å²) in [5, 5.41) is 6.20. The number of benzene rings is 2. The Kier molecular flexibility index (Phi) is 6.60. The van der Waals surface area contributed by atoms with Crippen LogP contribution in [-0.2, 0) is 4.79 Å². The number of carbonyl (C=O) groups excluding carboxylic acids is 2. The Bertz CT molecular complexity index is 841. The van der Waals surface area contributed by atoms with Crippen LogP contribution in [0.2, 0.25) is 5.02 Å². The fraction of sp³-hybridized carbons (Fsp3) is 0.167. The molecule has 134 valence electrons. The smallest absolute Gasteiger partial charge is 0.257 e. The Morgan fingerprint density at radius 3 is 2.62 bits per heavy atom. The van der Waals surface area contributed by atoms with Gasteiger partial charge in [0.15, 0.2) is 0 Å². The fourth-order valence-corrected chi connectivity index (χ4v) is 4.17. The van der Waals surface area contributed by atoms with Gasteiger partial charge >= 0.3 is 0 Å². The van der Waals surface area contributed by atoms with Crippen LogP contribution in [0, 0.1) is 0 Å². The van der Waals surface area contributed by atoms with Crippen molar-refractivity contribution in [3.8, 4) is 0 Å². The number of aliphatic imine (C=N–C) groups is 1. The molecule has 2 amide bonds. The van der Waals surface area contributed by atoms with Crippen molar-refractivity contribution >= 4 is 62.7 Å². The van der Waals surface area contributed by atoms with Crippen LogP contribution in [0.3, 0.4) is 0 Å². The summed E-state index contributed by atoms with van der Waals surface area (Å²) in [5.74, 6) is 0.764. The molecule has 0 radical (unpaired) electrons. The number of carbonyl (C=O) groups is 2. The minimum atomic E-state index is -0.299. The number of amides is 2. The SMILES string of the molecule is O=C(CSC1=NCCS1)Nc1ccccc1C(=O)Nc1ccc(Cl)cc1. The number of thioether (sulfide) groups is 2. The van der Waals surface area contributed by atoms with Crippen molar-refractivity contribution in [2.24, 2.45) is 4.99 Å². The average Bonchev–Trinajstić information content (AvgIpc) is 3.16. The highest BCUT2D eigenvalue weighted by atomic mass is 35.5. The summed E-state index contributed by atoms with van der Waals surface area (Å²) < 4.78 is 0.939. The highest BCUT2D eigenvalue weighted by Crippen LogP contribution is 2.23. The van der Waals surface area contributed by atoms with Gasteiger partial charge in [-0.2, -0.15) is 0 Å². The van der Waals surface area contributed by atoms with Gasteiger partial charge in [0.25, 0.3) is 5.91 Å². The molecule has 26 heavy (non-hydrogen) atoms. The van der Waals surface area contributed by atoms with Gasteiger partial charge in [0.05, 0.1) is 23.5 Å². The van der Waals surface area contributed by atoms with Crippen molar-refractivity contribution in [3.05, 3.63) is 59.1 Å². The number of halogens is 1. The van der Waals surface area contributed by atoms with Crippen LogP contribution in [0.1, 0.15) is 10.4 Å². The molecule has 0 aliphatic carbocycles. The molecule has 0 saturated heterocycles. The van der Waals surface area contributed by atoms with Gasteiger partial charge in [-0.25, -0.2) is 0 Å². The topological polar surface area (TPSA) is 70.6 Å². The molecule has 0 saturated carbocycles. The predicted octanol–water partition coefficient (Wildman–Crippen LogP) is 4.37. The molecule has 0 fully saturated rings. The van der Waals surface area contributed by atoms with E-state index in [-0.39, 0.29) is 17.6 Å². The van der Waals surface area contributed by atoms with Gasteiger partial charge < -0.3 is 10.6 Å². The summed E-state index contributed by atoms with van der Waals surface area (Å²) in [6.07, 6.45) is 0. The van der Waals surface area contributed by atoms with Crippen LogP contribution in [-0.4, -0.2) is 34.2 Å². The summed E-state index contributed by atoms with van der Waals surface area (Å²) in [7, 11) is 0. The lowest BCUT2D eigenvalue weighted by molar-refractivity contribution is -0.113. The fourth-order valence-electron chi connectivity index (χ4n) is 2.24. The normalized spacial score (nSPS) is 13.2. The zero-order valence-electron chi connectivity index (χ0n) is 13.7. The van der Waals surface area contributed by atoms with E-state index in [9.17, 15) is 9.59 Å². The highest BCUT2D eigenvalue weighted by Gasteiger charge is 2.15. The molecule has 2 N–H and O–H groups in total. The molecule has 0 spiro atoms. The molecule has 0 atom stereocenters. The molecule has 0 aromatic heterocycles. The van der Waals surface area contributed by atoms with E-state index >= 15 is 0 Å². The Morgan fingerprint density at radius 2 is 1.88 bits per heavy atom. The van der Waals surface area contributed by atoms with Crippen LogP contribution < -0.4 is 10.6 Å². The number of hydrogen-bond acceptors (Lipinski definition) is 5. The first-order valence-corrected chi connectivity index (χ1v) is 10.2. The summed E-state index contributed by atoms with van der Waals surface area (Å²) in [5.41, 5.74) is 1.51. The molecular weight excluding hydrogens is 390 g/mol. The first kappa shape index (κ1) is 18.8. The number of anilines is 2. The lowest BCUT2D eigenvalue weighted by Gasteiger charge is -2.11. The minimum Gasteiger partial charge on any atom is -0.325 e. The second-order valence-corrected chi connectivity index (χ2v) is 8.08. The minimum absolute atomic E-state index is 0.169. The van der Waals surface area contributed by atoms with Crippen LogP contribution >= 0.6 is 35.1 Å². The van der Waals surface area contributed by atoms with E-state index in [0.29, 0.717) is 22.0 Å². The van der Waals surface area contributed by atoms with Gasteiger partial charge in [-0.3, -0.25) is 14.6 Å². The van der Waals surface area contributed by atoms with Gasteiger partial charge in [-0.1, -0.05) is 47.3 Å². The summed E-state index contributed by atoms with van der Waals surface area (Å²) in [4.78, 5) is 29.0. The third-order valence-corrected chi connectivity index (χ3v) is 5.94. The van der Waals surface area contributed by atoms with Gasteiger partial charge in [0, 0.05) is 16.5 Å². The van der Waals surface area contributed by atoms with Crippen LogP contribution in [0.15, 0.2) is 53.5 Å². The Balaban J connectivity index is 1.64. The molecule has 2 aromatic carbocycles. The lowest BCUT2D eigenvalue weighted by atomic mass is 10.1. The van der Waals surface area contributed by atoms with Crippen molar-refractivity contribution in [2.45, 2.75) is 0 Å². The van der Waals surface area contributed by atoms with E-state index in [1.807, 2.05) is 0 Å². The second kappa shape index (κ2) is 9.12. The van der Waals surface area contributed by atoms with Crippen LogP contribution in [0.5, 0.6) is 0 Å². The third-order valence-electron chi connectivity index (χ3n) is 3.43. The lowest BCUT2D eigenvalue weighted by Crippen LogP contribution is -2.19. The number of nitrogens with one attached hydrogen (secondary N) is 2. The molecule has 5 nitrogen and oxygen atoms in total. The molecule has 8 heteroatoms. The van der Waals surface area contributed by atoms with E-state index in [4.69, 9.17) is 11.6 Å². The monoisotopic (exact) mass is 405 g/mol. The molecule has 2 aromatic rings. The molecule has 1 aliphatic rings. The summed E-state index contributed by atoms with van der Waals surface area (Å²) >= 11 is 8.93. The highest BCUT2D eigenvalue weighted by molar-refractivity contribution is 8.39. The van der Waals surface area contributed by atoms with E-state index in [0.717, 1.165) is 16.7 Å². The van der Waals surface area contributed by atoms with Gasteiger partial charge in [0.1, 0.15) is 4.38 Å². The number of hydrogen-bond donors (Lipinski definition) is 2. The first-order chi connectivity index (χ1) is 12.6. The van der Waals surface area contributed by atoms with Gasteiger partial charge in [-0.05, 0) is 36.4 Å². The number of rotatable bonds is 5.